The maximum atomic E-state index is 11.1. The van der Waals surface area contributed by atoms with Crippen LogP contribution in [0.2, 0.25) is 0 Å². The van der Waals surface area contributed by atoms with Crippen LogP contribution in [0.3, 0.4) is 0 Å². The fraction of sp³-hybridized carbons (Fsp3) is 0.870. The Morgan fingerprint density at radius 3 is 1.88 bits per heavy atom. The SMILES string of the molecule is COC(=O)CCC=C(C)CCCC(C)CCCC(C)CCCC(C)C. The van der Waals surface area contributed by atoms with Gasteiger partial charge in [0.25, 0.3) is 0 Å². The van der Waals surface area contributed by atoms with Gasteiger partial charge in [0.2, 0.25) is 0 Å². The molecule has 2 unspecified atom stereocenters. The molecule has 0 saturated heterocycles. The number of hydrogen-bond donors (Lipinski definition) is 0. The third kappa shape index (κ3) is 16.4. The van der Waals surface area contributed by atoms with Crippen LogP contribution in [0.25, 0.3) is 0 Å². The second-order valence-corrected chi connectivity index (χ2v) is 8.52. The Kier molecular flexibility index (Phi) is 15.0. The van der Waals surface area contributed by atoms with Crippen LogP contribution < -0.4 is 0 Å². The fourth-order valence-corrected chi connectivity index (χ4v) is 3.35. The van der Waals surface area contributed by atoms with Crippen LogP contribution in [0.5, 0.6) is 0 Å². The Morgan fingerprint density at radius 2 is 1.36 bits per heavy atom. The first kappa shape index (κ1) is 24.2. The maximum Gasteiger partial charge on any atom is 0.305 e. The molecule has 0 spiro atoms. The van der Waals surface area contributed by atoms with Crippen molar-refractivity contribution >= 4 is 5.97 Å². The lowest BCUT2D eigenvalue weighted by molar-refractivity contribution is -0.140. The number of rotatable bonds is 15. The molecule has 148 valence electrons. The molecule has 0 fully saturated rings. The summed E-state index contributed by atoms with van der Waals surface area (Å²) in [4.78, 5) is 11.1. The quantitative estimate of drug-likeness (QED) is 0.228. The van der Waals surface area contributed by atoms with Crippen LogP contribution in [0, 0.1) is 17.8 Å². The molecular formula is C23H44O2. The molecular weight excluding hydrogens is 308 g/mol. The second kappa shape index (κ2) is 15.5. The molecule has 0 heterocycles. The van der Waals surface area contributed by atoms with E-state index in [2.05, 4.69) is 45.4 Å². The molecule has 0 amide bonds. The monoisotopic (exact) mass is 352 g/mol. The Bertz CT molecular complexity index is 357. The summed E-state index contributed by atoms with van der Waals surface area (Å²) < 4.78 is 4.66. The number of ether oxygens (including phenoxy) is 1. The van der Waals surface area contributed by atoms with Crippen molar-refractivity contribution in [3.63, 3.8) is 0 Å². The summed E-state index contributed by atoms with van der Waals surface area (Å²) in [6, 6.07) is 0. The van der Waals surface area contributed by atoms with E-state index in [-0.39, 0.29) is 5.97 Å². The molecule has 0 aromatic carbocycles. The molecule has 2 atom stereocenters. The lowest BCUT2D eigenvalue weighted by atomic mass is 9.91. The molecule has 0 aliphatic heterocycles. The molecule has 0 aliphatic carbocycles. The smallest absolute Gasteiger partial charge is 0.305 e. The zero-order chi connectivity index (χ0) is 19.1. The molecule has 0 N–H and O–H groups in total. The Hall–Kier alpha value is -0.790. The second-order valence-electron chi connectivity index (χ2n) is 8.52. The van der Waals surface area contributed by atoms with E-state index in [1.807, 2.05) is 0 Å². The van der Waals surface area contributed by atoms with E-state index >= 15 is 0 Å². The number of carbonyl (C=O) groups excluding carboxylic acids is 1. The topological polar surface area (TPSA) is 26.3 Å². The van der Waals surface area contributed by atoms with Crippen molar-refractivity contribution in [3.8, 4) is 0 Å². The van der Waals surface area contributed by atoms with Crippen LogP contribution in [0.15, 0.2) is 11.6 Å². The molecule has 0 aliphatic rings. The highest BCUT2D eigenvalue weighted by atomic mass is 16.5. The first-order chi connectivity index (χ1) is 11.8. The van der Waals surface area contributed by atoms with Crippen molar-refractivity contribution in [2.24, 2.45) is 17.8 Å². The normalized spacial score (nSPS) is 14.6. The number of hydrogen-bond acceptors (Lipinski definition) is 2. The van der Waals surface area contributed by atoms with Crippen molar-refractivity contribution in [1.82, 2.24) is 0 Å². The van der Waals surface area contributed by atoms with E-state index in [0.717, 1.165) is 30.6 Å². The molecule has 0 radical (unpaired) electrons. The zero-order valence-electron chi connectivity index (χ0n) is 17.9. The zero-order valence-corrected chi connectivity index (χ0v) is 17.9. The highest BCUT2D eigenvalue weighted by molar-refractivity contribution is 5.69. The minimum absolute atomic E-state index is 0.115. The summed E-state index contributed by atoms with van der Waals surface area (Å²) in [5.74, 6) is 2.47. The van der Waals surface area contributed by atoms with Gasteiger partial charge in [-0.3, -0.25) is 4.79 Å². The van der Waals surface area contributed by atoms with Crippen molar-refractivity contribution < 1.29 is 9.53 Å². The highest BCUT2D eigenvalue weighted by Crippen LogP contribution is 2.22. The molecule has 0 aromatic heterocycles. The number of allylic oxidation sites excluding steroid dienone is 2. The Morgan fingerprint density at radius 1 is 0.840 bits per heavy atom. The highest BCUT2D eigenvalue weighted by Gasteiger charge is 2.06. The van der Waals surface area contributed by atoms with E-state index in [1.54, 1.807) is 0 Å². The van der Waals surface area contributed by atoms with E-state index in [4.69, 9.17) is 0 Å². The first-order valence-corrected chi connectivity index (χ1v) is 10.6. The molecule has 0 aromatic rings. The summed E-state index contributed by atoms with van der Waals surface area (Å²) in [5.41, 5.74) is 1.41. The predicted molar refractivity (Wildman–Crippen MR) is 110 cm³/mol. The summed E-state index contributed by atoms with van der Waals surface area (Å²) in [6.07, 6.45) is 15.6. The minimum Gasteiger partial charge on any atom is -0.469 e. The van der Waals surface area contributed by atoms with Crippen LogP contribution in [-0.2, 0) is 9.53 Å². The predicted octanol–water partition coefficient (Wildman–Crippen LogP) is 7.33. The summed E-state index contributed by atoms with van der Waals surface area (Å²) in [5, 5.41) is 0. The largest absolute Gasteiger partial charge is 0.469 e. The van der Waals surface area contributed by atoms with Crippen molar-refractivity contribution in [2.45, 2.75) is 105 Å². The third-order valence-electron chi connectivity index (χ3n) is 5.21. The summed E-state index contributed by atoms with van der Waals surface area (Å²) >= 11 is 0. The molecule has 2 heteroatoms. The van der Waals surface area contributed by atoms with Gasteiger partial charge in [-0.25, -0.2) is 0 Å². The Balaban J connectivity index is 3.64. The van der Waals surface area contributed by atoms with Crippen LogP contribution in [-0.4, -0.2) is 13.1 Å². The first-order valence-electron chi connectivity index (χ1n) is 10.6. The number of methoxy groups -OCH3 is 1. The summed E-state index contributed by atoms with van der Waals surface area (Å²) in [6.45, 7) is 11.7. The lowest BCUT2D eigenvalue weighted by Gasteiger charge is -2.15. The van der Waals surface area contributed by atoms with E-state index in [1.165, 1.54) is 64.0 Å². The Labute approximate surface area is 157 Å². The maximum absolute atomic E-state index is 11.1. The van der Waals surface area contributed by atoms with Gasteiger partial charge in [-0.05, 0) is 43.9 Å². The van der Waals surface area contributed by atoms with Gasteiger partial charge in [0.05, 0.1) is 7.11 Å². The van der Waals surface area contributed by atoms with Gasteiger partial charge in [0, 0.05) is 6.42 Å². The van der Waals surface area contributed by atoms with Gasteiger partial charge in [-0.2, -0.15) is 0 Å². The number of carbonyl (C=O) groups is 1. The van der Waals surface area contributed by atoms with Gasteiger partial charge in [-0.15, -0.1) is 0 Å². The molecule has 0 rings (SSSR count). The van der Waals surface area contributed by atoms with Crippen LogP contribution in [0.1, 0.15) is 105 Å². The van der Waals surface area contributed by atoms with Crippen molar-refractivity contribution in [1.29, 1.82) is 0 Å². The van der Waals surface area contributed by atoms with Crippen LogP contribution >= 0.6 is 0 Å². The molecule has 2 nitrogen and oxygen atoms in total. The van der Waals surface area contributed by atoms with Crippen LogP contribution in [0.4, 0.5) is 0 Å². The molecule has 0 saturated carbocycles. The van der Waals surface area contributed by atoms with E-state index < -0.39 is 0 Å². The standard InChI is InChI=1S/C23H44O2/c1-19(2)11-7-12-20(3)13-8-14-21(4)15-9-16-22(5)17-10-18-23(24)25-6/h17,19-21H,7-16,18H2,1-6H3. The lowest BCUT2D eigenvalue weighted by Crippen LogP contribution is -2.00. The van der Waals surface area contributed by atoms with Gasteiger partial charge < -0.3 is 4.74 Å². The van der Waals surface area contributed by atoms with E-state index in [0.29, 0.717) is 6.42 Å². The van der Waals surface area contributed by atoms with Crippen molar-refractivity contribution in [2.75, 3.05) is 7.11 Å². The average molecular weight is 353 g/mol. The summed E-state index contributed by atoms with van der Waals surface area (Å²) in [7, 11) is 1.45. The minimum atomic E-state index is -0.115. The van der Waals surface area contributed by atoms with Gasteiger partial charge in [0.15, 0.2) is 0 Å². The van der Waals surface area contributed by atoms with Gasteiger partial charge in [0.1, 0.15) is 0 Å². The average Bonchev–Trinajstić information content (AvgIpc) is 2.54. The van der Waals surface area contributed by atoms with E-state index in [9.17, 15) is 4.79 Å². The number of esters is 1. The molecule has 25 heavy (non-hydrogen) atoms. The molecule has 0 bridgehead atoms. The fourth-order valence-electron chi connectivity index (χ4n) is 3.35. The van der Waals surface area contributed by atoms with Gasteiger partial charge in [-0.1, -0.05) is 84.3 Å². The third-order valence-corrected chi connectivity index (χ3v) is 5.21. The van der Waals surface area contributed by atoms with Gasteiger partial charge >= 0.3 is 5.97 Å². The van der Waals surface area contributed by atoms with Crippen molar-refractivity contribution in [3.05, 3.63) is 11.6 Å².